The van der Waals surface area contributed by atoms with Crippen LogP contribution in [0.25, 0.3) is 0 Å². The zero-order valence-corrected chi connectivity index (χ0v) is 13.3. The standard InChI is InChI=1S/C15H16ClN3O4/c1-2-21-15(20)13-14(18-19-17-13)23-12-6-10(16)5-11(7-12)22-8-9-3-4-9/h5-7,9H,2-4,8H2,1H3,(H,17,18,19). The molecule has 122 valence electrons. The van der Waals surface area contributed by atoms with E-state index < -0.39 is 5.97 Å². The van der Waals surface area contributed by atoms with Gasteiger partial charge in [0.2, 0.25) is 5.69 Å². The quantitative estimate of drug-likeness (QED) is 0.781. The van der Waals surface area contributed by atoms with Crippen LogP contribution in [0.15, 0.2) is 18.2 Å². The Hall–Kier alpha value is -2.28. The lowest BCUT2D eigenvalue weighted by Gasteiger charge is -2.09. The molecule has 1 aliphatic rings. The molecule has 0 saturated heterocycles. The number of rotatable bonds is 7. The highest BCUT2D eigenvalue weighted by atomic mass is 35.5. The third-order valence-corrected chi connectivity index (χ3v) is 3.46. The molecule has 0 unspecified atom stereocenters. The summed E-state index contributed by atoms with van der Waals surface area (Å²) in [6, 6.07) is 5.01. The number of carbonyl (C=O) groups is 1. The Labute approximate surface area is 137 Å². The van der Waals surface area contributed by atoms with Crippen molar-refractivity contribution in [2.24, 2.45) is 5.92 Å². The molecule has 1 saturated carbocycles. The summed E-state index contributed by atoms with van der Waals surface area (Å²) in [7, 11) is 0. The van der Waals surface area contributed by atoms with Crippen molar-refractivity contribution < 1.29 is 19.0 Å². The molecule has 1 aliphatic carbocycles. The van der Waals surface area contributed by atoms with Crippen LogP contribution in [0.2, 0.25) is 5.02 Å². The van der Waals surface area contributed by atoms with Gasteiger partial charge in [0.15, 0.2) is 0 Å². The Morgan fingerprint density at radius 2 is 2.13 bits per heavy atom. The molecule has 2 aromatic rings. The minimum atomic E-state index is -0.584. The zero-order valence-electron chi connectivity index (χ0n) is 12.5. The minimum absolute atomic E-state index is 0.0267. The van der Waals surface area contributed by atoms with E-state index in [-0.39, 0.29) is 18.2 Å². The number of hydrogen-bond donors (Lipinski definition) is 1. The number of hydrogen-bond acceptors (Lipinski definition) is 6. The van der Waals surface area contributed by atoms with E-state index in [9.17, 15) is 4.79 Å². The Balaban J connectivity index is 1.74. The Morgan fingerprint density at radius 3 is 2.87 bits per heavy atom. The molecule has 0 aliphatic heterocycles. The third kappa shape index (κ3) is 4.13. The predicted molar refractivity (Wildman–Crippen MR) is 82.1 cm³/mol. The van der Waals surface area contributed by atoms with Crippen molar-refractivity contribution in [1.82, 2.24) is 15.4 Å². The molecule has 1 N–H and O–H groups in total. The molecule has 1 aromatic heterocycles. The van der Waals surface area contributed by atoms with Gasteiger partial charge in [0.25, 0.3) is 5.88 Å². The van der Waals surface area contributed by atoms with Gasteiger partial charge in [-0.1, -0.05) is 21.9 Å². The summed E-state index contributed by atoms with van der Waals surface area (Å²) in [4.78, 5) is 11.8. The highest BCUT2D eigenvalue weighted by Gasteiger charge is 2.22. The van der Waals surface area contributed by atoms with Gasteiger partial charge in [0.1, 0.15) is 11.5 Å². The van der Waals surface area contributed by atoms with E-state index in [0.29, 0.717) is 29.0 Å². The summed E-state index contributed by atoms with van der Waals surface area (Å²) in [5.74, 6) is 1.09. The van der Waals surface area contributed by atoms with E-state index in [1.54, 1.807) is 25.1 Å². The molecule has 0 atom stereocenters. The molecule has 3 rings (SSSR count). The molecule has 8 heteroatoms. The molecule has 0 spiro atoms. The summed E-state index contributed by atoms with van der Waals surface area (Å²) in [6.45, 7) is 2.62. The van der Waals surface area contributed by atoms with Crippen molar-refractivity contribution in [2.75, 3.05) is 13.2 Å². The molecule has 7 nitrogen and oxygen atoms in total. The maximum absolute atomic E-state index is 11.8. The first-order valence-corrected chi connectivity index (χ1v) is 7.73. The fourth-order valence-corrected chi connectivity index (χ4v) is 2.13. The second-order valence-corrected chi connectivity index (χ2v) is 5.63. The number of nitrogens with zero attached hydrogens (tertiary/aromatic N) is 2. The first-order valence-electron chi connectivity index (χ1n) is 7.35. The number of aromatic amines is 1. The zero-order chi connectivity index (χ0) is 16.2. The van der Waals surface area contributed by atoms with E-state index in [1.165, 1.54) is 12.8 Å². The number of halogens is 1. The maximum Gasteiger partial charge on any atom is 0.362 e. The first kappa shape index (κ1) is 15.6. The monoisotopic (exact) mass is 337 g/mol. The lowest BCUT2D eigenvalue weighted by Crippen LogP contribution is -2.06. The van der Waals surface area contributed by atoms with Crippen LogP contribution in [0.1, 0.15) is 30.3 Å². The number of aromatic nitrogens is 3. The van der Waals surface area contributed by atoms with Crippen LogP contribution in [0.4, 0.5) is 0 Å². The Morgan fingerprint density at radius 1 is 1.35 bits per heavy atom. The van der Waals surface area contributed by atoms with Gasteiger partial charge in [0.05, 0.1) is 13.2 Å². The van der Waals surface area contributed by atoms with Crippen molar-refractivity contribution in [3.05, 3.63) is 28.9 Å². The molecule has 0 bridgehead atoms. The Bertz CT molecular complexity index is 700. The van der Waals surface area contributed by atoms with Gasteiger partial charge < -0.3 is 14.2 Å². The lowest BCUT2D eigenvalue weighted by atomic mass is 10.3. The van der Waals surface area contributed by atoms with E-state index in [4.69, 9.17) is 25.8 Å². The second-order valence-electron chi connectivity index (χ2n) is 5.19. The number of nitrogens with one attached hydrogen (secondary N) is 1. The van der Waals surface area contributed by atoms with Crippen LogP contribution in [0.5, 0.6) is 17.4 Å². The van der Waals surface area contributed by atoms with Crippen molar-refractivity contribution in [2.45, 2.75) is 19.8 Å². The van der Waals surface area contributed by atoms with Gasteiger partial charge in [-0.2, -0.15) is 0 Å². The summed E-state index contributed by atoms with van der Waals surface area (Å²) in [6.07, 6.45) is 2.40. The van der Waals surface area contributed by atoms with Gasteiger partial charge in [-0.25, -0.2) is 9.89 Å². The van der Waals surface area contributed by atoms with E-state index in [0.717, 1.165) is 0 Å². The van der Waals surface area contributed by atoms with Gasteiger partial charge in [-0.3, -0.25) is 0 Å². The number of carbonyl (C=O) groups excluding carboxylic acids is 1. The van der Waals surface area contributed by atoms with Gasteiger partial charge in [0, 0.05) is 11.1 Å². The topological polar surface area (TPSA) is 86.3 Å². The van der Waals surface area contributed by atoms with Crippen LogP contribution >= 0.6 is 11.6 Å². The van der Waals surface area contributed by atoms with Crippen molar-refractivity contribution in [1.29, 1.82) is 0 Å². The predicted octanol–water partition coefficient (Wildman–Crippen LogP) is 3.22. The molecule has 0 radical (unpaired) electrons. The maximum atomic E-state index is 11.8. The SMILES string of the molecule is CCOC(=O)c1[nH]nnc1Oc1cc(Cl)cc(OCC2CC2)c1. The summed E-state index contributed by atoms with van der Waals surface area (Å²) < 4.78 is 16.2. The molecule has 0 amide bonds. The molecule has 1 aromatic carbocycles. The van der Waals surface area contributed by atoms with Crippen molar-refractivity contribution in [3.8, 4) is 17.4 Å². The molecule has 1 fully saturated rings. The number of benzene rings is 1. The molecular formula is C15H16ClN3O4. The van der Waals surface area contributed by atoms with Gasteiger partial charge in [-0.15, -0.1) is 0 Å². The molecular weight excluding hydrogens is 322 g/mol. The fraction of sp³-hybridized carbons (Fsp3) is 0.400. The number of H-pyrrole nitrogens is 1. The first-order chi connectivity index (χ1) is 11.2. The Kier molecular flexibility index (Phi) is 4.66. The third-order valence-electron chi connectivity index (χ3n) is 3.24. The largest absolute Gasteiger partial charge is 0.493 e. The normalized spacial score (nSPS) is 13.7. The van der Waals surface area contributed by atoms with Crippen LogP contribution in [0, 0.1) is 5.92 Å². The lowest BCUT2D eigenvalue weighted by molar-refractivity contribution is 0.0516. The molecule has 1 heterocycles. The van der Waals surface area contributed by atoms with E-state index in [2.05, 4.69) is 15.4 Å². The minimum Gasteiger partial charge on any atom is -0.493 e. The summed E-state index contributed by atoms with van der Waals surface area (Å²) in [5.41, 5.74) is 0.0484. The van der Waals surface area contributed by atoms with E-state index in [1.807, 2.05) is 0 Å². The average Bonchev–Trinajstić information content (AvgIpc) is 3.23. The second kappa shape index (κ2) is 6.87. The summed E-state index contributed by atoms with van der Waals surface area (Å²) in [5, 5.41) is 10.2. The van der Waals surface area contributed by atoms with Crippen molar-refractivity contribution in [3.63, 3.8) is 0 Å². The summed E-state index contributed by atoms with van der Waals surface area (Å²) >= 11 is 6.08. The van der Waals surface area contributed by atoms with Crippen LogP contribution in [-0.4, -0.2) is 34.6 Å². The number of ether oxygens (including phenoxy) is 3. The van der Waals surface area contributed by atoms with Crippen LogP contribution < -0.4 is 9.47 Å². The number of esters is 1. The van der Waals surface area contributed by atoms with Crippen LogP contribution in [0.3, 0.4) is 0 Å². The smallest absolute Gasteiger partial charge is 0.362 e. The fourth-order valence-electron chi connectivity index (χ4n) is 1.92. The van der Waals surface area contributed by atoms with Crippen molar-refractivity contribution >= 4 is 17.6 Å². The van der Waals surface area contributed by atoms with E-state index >= 15 is 0 Å². The highest BCUT2D eigenvalue weighted by molar-refractivity contribution is 6.30. The average molecular weight is 338 g/mol. The van der Waals surface area contributed by atoms with Gasteiger partial charge in [-0.05, 0) is 37.8 Å². The van der Waals surface area contributed by atoms with Crippen LogP contribution in [-0.2, 0) is 4.74 Å². The molecule has 23 heavy (non-hydrogen) atoms. The highest BCUT2D eigenvalue weighted by Crippen LogP contribution is 2.33. The van der Waals surface area contributed by atoms with Gasteiger partial charge >= 0.3 is 5.97 Å².